The van der Waals surface area contributed by atoms with Gasteiger partial charge < -0.3 is 9.64 Å². The molecular formula is C12H19N3O. The van der Waals surface area contributed by atoms with Crippen LogP contribution in [0.25, 0.3) is 0 Å². The second-order valence-corrected chi connectivity index (χ2v) is 5.09. The van der Waals surface area contributed by atoms with Crippen molar-refractivity contribution < 1.29 is 4.74 Å². The third-order valence-electron chi connectivity index (χ3n) is 3.01. The molecule has 0 spiro atoms. The number of methoxy groups -OCH3 is 1. The largest absolute Gasteiger partial charge is 0.481 e. The van der Waals surface area contributed by atoms with Gasteiger partial charge in [0.1, 0.15) is 0 Å². The lowest BCUT2D eigenvalue weighted by molar-refractivity contribution is 0.290. The molecule has 1 saturated heterocycles. The van der Waals surface area contributed by atoms with Crippen molar-refractivity contribution in [2.75, 3.05) is 25.1 Å². The summed E-state index contributed by atoms with van der Waals surface area (Å²) < 4.78 is 5.12. The van der Waals surface area contributed by atoms with Crippen molar-refractivity contribution in [3.8, 4) is 5.88 Å². The molecule has 1 aliphatic heterocycles. The highest BCUT2D eigenvalue weighted by Crippen LogP contribution is 2.30. The Labute approximate surface area is 96.7 Å². The Morgan fingerprint density at radius 2 is 2.25 bits per heavy atom. The highest BCUT2D eigenvalue weighted by molar-refractivity contribution is 5.33. The third kappa shape index (κ3) is 2.43. The van der Waals surface area contributed by atoms with Gasteiger partial charge in [-0.1, -0.05) is 13.8 Å². The Bertz CT molecular complexity index is 365. The van der Waals surface area contributed by atoms with Crippen LogP contribution >= 0.6 is 0 Å². The molecule has 0 amide bonds. The maximum absolute atomic E-state index is 5.12. The van der Waals surface area contributed by atoms with E-state index in [0.717, 1.165) is 19.0 Å². The summed E-state index contributed by atoms with van der Waals surface area (Å²) >= 11 is 0. The van der Waals surface area contributed by atoms with Gasteiger partial charge in [-0.2, -0.15) is 4.98 Å². The standard InChI is InChI=1S/C12H19N3O/c1-12(2)6-4-8-15(9-12)11-13-7-5-10(14-11)16-3/h5,7H,4,6,8-9H2,1-3H3. The number of anilines is 1. The van der Waals surface area contributed by atoms with Crippen LogP contribution in [0.3, 0.4) is 0 Å². The maximum atomic E-state index is 5.12. The predicted octanol–water partition coefficient (Wildman–Crippen LogP) is 2.11. The van der Waals surface area contributed by atoms with Gasteiger partial charge in [0.25, 0.3) is 0 Å². The molecule has 1 aliphatic rings. The molecule has 1 aromatic rings. The van der Waals surface area contributed by atoms with Crippen molar-refractivity contribution in [2.45, 2.75) is 26.7 Å². The lowest BCUT2D eigenvalue weighted by Crippen LogP contribution is -2.40. The zero-order chi connectivity index (χ0) is 11.6. The van der Waals surface area contributed by atoms with Crippen molar-refractivity contribution in [1.29, 1.82) is 0 Å². The Morgan fingerprint density at radius 1 is 1.44 bits per heavy atom. The minimum absolute atomic E-state index is 0.352. The van der Waals surface area contributed by atoms with E-state index in [0.29, 0.717) is 11.3 Å². The Kier molecular flexibility index (Phi) is 2.99. The van der Waals surface area contributed by atoms with E-state index < -0.39 is 0 Å². The van der Waals surface area contributed by atoms with Crippen LogP contribution in [-0.4, -0.2) is 30.2 Å². The van der Waals surface area contributed by atoms with Crippen LogP contribution in [0.5, 0.6) is 5.88 Å². The molecule has 1 aromatic heterocycles. The Balaban J connectivity index is 2.16. The first-order chi connectivity index (χ1) is 7.61. The molecule has 0 saturated carbocycles. The zero-order valence-electron chi connectivity index (χ0n) is 10.2. The fraction of sp³-hybridized carbons (Fsp3) is 0.667. The van der Waals surface area contributed by atoms with Gasteiger partial charge in [0.05, 0.1) is 7.11 Å². The van der Waals surface area contributed by atoms with Gasteiger partial charge in [-0.25, -0.2) is 4.98 Å². The lowest BCUT2D eigenvalue weighted by atomic mass is 9.84. The second-order valence-electron chi connectivity index (χ2n) is 5.09. The Morgan fingerprint density at radius 3 is 2.94 bits per heavy atom. The number of ether oxygens (including phenoxy) is 1. The van der Waals surface area contributed by atoms with E-state index in [-0.39, 0.29) is 0 Å². The first-order valence-corrected chi connectivity index (χ1v) is 5.73. The molecule has 0 atom stereocenters. The van der Waals surface area contributed by atoms with Gasteiger partial charge in [-0.3, -0.25) is 0 Å². The van der Waals surface area contributed by atoms with E-state index in [2.05, 4.69) is 28.7 Å². The van der Waals surface area contributed by atoms with E-state index in [1.54, 1.807) is 19.4 Å². The fourth-order valence-corrected chi connectivity index (χ4v) is 2.19. The van der Waals surface area contributed by atoms with Gasteiger partial charge in [-0.05, 0) is 18.3 Å². The summed E-state index contributed by atoms with van der Waals surface area (Å²) in [4.78, 5) is 10.9. The lowest BCUT2D eigenvalue weighted by Gasteiger charge is -2.37. The van der Waals surface area contributed by atoms with E-state index in [4.69, 9.17) is 4.74 Å². The van der Waals surface area contributed by atoms with Crippen molar-refractivity contribution >= 4 is 5.95 Å². The van der Waals surface area contributed by atoms with Crippen LogP contribution in [0.15, 0.2) is 12.3 Å². The number of aromatic nitrogens is 2. The van der Waals surface area contributed by atoms with Crippen molar-refractivity contribution in [3.05, 3.63) is 12.3 Å². The van der Waals surface area contributed by atoms with Gasteiger partial charge in [0, 0.05) is 25.4 Å². The van der Waals surface area contributed by atoms with Crippen LogP contribution in [0, 0.1) is 5.41 Å². The van der Waals surface area contributed by atoms with Crippen LogP contribution in [0.2, 0.25) is 0 Å². The number of hydrogen-bond donors (Lipinski definition) is 0. The van der Waals surface area contributed by atoms with E-state index in [1.807, 2.05) is 0 Å². The van der Waals surface area contributed by atoms with Gasteiger partial charge in [-0.15, -0.1) is 0 Å². The summed E-state index contributed by atoms with van der Waals surface area (Å²) in [5, 5.41) is 0. The molecule has 4 heteroatoms. The Hall–Kier alpha value is -1.32. The van der Waals surface area contributed by atoms with Crippen LogP contribution in [0.1, 0.15) is 26.7 Å². The molecule has 0 radical (unpaired) electrons. The minimum atomic E-state index is 0.352. The molecule has 0 bridgehead atoms. The average Bonchev–Trinajstić information content (AvgIpc) is 2.28. The molecule has 0 aliphatic carbocycles. The van der Waals surface area contributed by atoms with Gasteiger partial charge >= 0.3 is 0 Å². The number of nitrogens with zero attached hydrogens (tertiary/aromatic N) is 3. The number of rotatable bonds is 2. The molecule has 0 N–H and O–H groups in total. The van der Waals surface area contributed by atoms with E-state index in [1.165, 1.54) is 12.8 Å². The summed E-state index contributed by atoms with van der Waals surface area (Å²) in [6.07, 6.45) is 4.23. The smallest absolute Gasteiger partial charge is 0.228 e. The summed E-state index contributed by atoms with van der Waals surface area (Å²) in [7, 11) is 1.63. The monoisotopic (exact) mass is 221 g/mol. The van der Waals surface area contributed by atoms with Crippen LogP contribution in [0.4, 0.5) is 5.95 Å². The topological polar surface area (TPSA) is 38.2 Å². The molecule has 4 nitrogen and oxygen atoms in total. The second kappa shape index (κ2) is 4.28. The quantitative estimate of drug-likeness (QED) is 0.766. The number of piperidine rings is 1. The zero-order valence-corrected chi connectivity index (χ0v) is 10.2. The van der Waals surface area contributed by atoms with Crippen molar-refractivity contribution in [1.82, 2.24) is 9.97 Å². The molecule has 2 heterocycles. The summed E-state index contributed by atoms with van der Waals surface area (Å²) in [6.45, 7) is 6.63. The average molecular weight is 221 g/mol. The van der Waals surface area contributed by atoms with Crippen molar-refractivity contribution in [2.24, 2.45) is 5.41 Å². The highest BCUT2D eigenvalue weighted by atomic mass is 16.5. The molecular weight excluding hydrogens is 202 g/mol. The summed E-state index contributed by atoms with van der Waals surface area (Å²) in [5.41, 5.74) is 0.352. The van der Waals surface area contributed by atoms with Gasteiger partial charge in [0.2, 0.25) is 11.8 Å². The normalized spacial score (nSPS) is 19.6. The van der Waals surface area contributed by atoms with Crippen LogP contribution < -0.4 is 9.64 Å². The molecule has 16 heavy (non-hydrogen) atoms. The fourth-order valence-electron chi connectivity index (χ4n) is 2.19. The van der Waals surface area contributed by atoms with Crippen molar-refractivity contribution in [3.63, 3.8) is 0 Å². The first kappa shape index (κ1) is 11.2. The maximum Gasteiger partial charge on any atom is 0.228 e. The van der Waals surface area contributed by atoms with Gasteiger partial charge in [0.15, 0.2) is 0 Å². The molecule has 2 rings (SSSR count). The minimum Gasteiger partial charge on any atom is -0.481 e. The predicted molar refractivity (Wildman–Crippen MR) is 63.8 cm³/mol. The number of hydrogen-bond acceptors (Lipinski definition) is 4. The van der Waals surface area contributed by atoms with E-state index >= 15 is 0 Å². The highest BCUT2D eigenvalue weighted by Gasteiger charge is 2.27. The third-order valence-corrected chi connectivity index (χ3v) is 3.01. The molecule has 0 unspecified atom stereocenters. The van der Waals surface area contributed by atoms with E-state index in [9.17, 15) is 0 Å². The van der Waals surface area contributed by atoms with Crippen LogP contribution in [-0.2, 0) is 0 Å². The SMILES string of the molecule is COc1ccnc(N2CCCC(C)(C)C2)n1. The summed E-state index contributed by atoms with van der Waals surface area (Å²) in [6, 6.07) is 1.78. The first-order valence-electron chi connectivity index (χ1n) is 5.73. The molecule has 1 fully saturated rings. The molecule has 88 valence electrons. The molecule has 0 aromatic carbocycles. The summed E-state index contributed by atoms with van der Waals surface area (Å²) in [5.74, 6) is 1.42.